The molecule has 106 valence electrons. The van der Waals surface area contributed by atoms with Gasteiger partial charge < -0.3 is 10.5 Å². The predicted molar refractivity (Wildman–Crippen MR) is 75.8 cm³/mol. The zero-order valence-electron chi connectivity index (χ0n) is 12.1. The Bertz CT molecular complexity index is 448. The Balaban J connectivity index is 2.20. The summed E-state index contributed by atoms with van der Waals surface area (Å²) in [5, 5.41) is 0. The van der Waals surface area contributed by atoms with E-state index in [1.807, 2.05) is 12.1 Å². The molecule has 1 aromatic carbocycles. The monoisotopic (exact) mass is 265 g/mol. The van der Waals surface area contributed by atoms with E-state index in [-0.39, 0.29) is 11.4 Å². The van der Waals surface area contributed by atoms with Gasteiger partial charge in [0.25, 0.3) is 0 Å². The quantitative estimate of drug-likeness (QED) is 0.907. The largest absolute Gasteiger partial charge is 0.494 e. The summed E-state index contributed by atoms with van der Waals surface area (Å²) >= 11 is 0. The maximum Gasteiger partial charge on any atom is 0.168 e. The molecule has 2 rings (SSSR count). The van der Waals surface area contributed by atoms with Gasteiger partial charge in [-0.25, -0.2) is 4.39 Å². The molecule has 1 aliphatic carbocycles. The minimum absolute atomic E-state index is 0.263. The van der Waals surface area contributed by atoms with E-state index in [2.05, 4.69) is 13.8 Å². The topological polar surface area (TPSA) is 35.2 Å². The van der Waals surface area contributed by atoms with E-state index in [0.717, 1.165) is 25.2 Å². The fourth-order valence-electron chi connectivity index (χ4n) is 3.19. The van der Waals surface area contributed by atoms with Crippen molar-refractivity contribution in [3.8, 4) is 5.75 Å². The first-order valence-electron chi connectivity index (χ1n) is 7.06. The van der Waals surface area contributed by atoms with Crippen molar-refractivity contribution in [2.24, 2.45) is 17.6 Å². The van der Waals surface area contributed by atoms with Gasteiger partial charge in [-0.2, -0.15) is 0 Å². The molecule has 1 aromatic rings. The summed E-state index contributed by atoms with van der Waals surface area (Å²) in [6, 6.07) is 5.29. The zero-order chi connectivity index (χ0) is 14.0. The molecule has 1 fully saturated rings. The molecule has 0 aliphatic heterocycles. The Morgan fingerprint density at radius 3 is 2.79 bits per heavy atom. The molecule has 1 saturated carbocycles. The summed E-state index contributed by atoms with van der Waals surface area (Å²) in [4.78, 5) is 0. The summed E-state index contributed by atoms with van der Waals surface area (Å²) < 4.78 is 19.3. The molecule has 2 N–H and O–H groups in total. The summed E-state index contributed by atoms with van der Waals surface area (Å²) in [7, 11) is 1.49. The number of nitrogens with two attached hydrogens (primary N) is 1. The number of benzene rings is 1. The van der Waals surface area contributed by atoms with Crippen molar-refractivity contribution in [1.29, 1.82) is 0 Å². The Morgan fingerprint density at radius 1 is 1.42 bits per heavy atom. The van der Waals surface area contributed by atoms with Crippen LogP contribution in [0.1, 0.15) is 38.7 Å². The third kappa shape index (κ3) is 2.92. The fourth-order valence-corrected chi connectivity index (χ4v) is 3.19. The third-order valence-electron chi connectivity index (χ3n) is 4.62. The second-order valence-corrected chi connectivity index (χ2v) is 6.12. The van der Waals surface area contributed by atoms with Crippen LogP contribution in [0.15, 0.2) is 18.2 Å². The first-order chi connectivity index (χ1) is 8.96. The Labute approximate surface area is 115 Å². The van der Waals surface area contributed by atoms with Crippen molar-refractivity contribution >= 4 is 0 Å². The molecule has 0 radical (unpaired) electrons. The Morgan fingerprint density at radius 2 is 2.16 bits per heavy atom. The lowest BCUT2D eigenvalue weighted by molar-refractivity contribution is 0.162. The molecule has 0 heterocycles. The molecule has 0 amide bonds. The predicted octanol–water partition coefficient (Wildman–Crippen LogP) is 3.53. The second kappa shape index (κ2) is 5.49. The van der Waals surface area contributed by atoms with E-state index >= 15 is 0 Å². The minimum Gasteiger partial charge on any atom is -0.494 e. The highest BCUT2D eigenvalue weighted by molar-refractivity contribution is 5.32. The zero-order valence-corrected chi connectivity index (χ0v) is 12.1. The van der Waals surface area contributed by atoms with Crippen LogP contribution in [0.25, 0.3) is 0 Å². The SMILES string of the molecule is COc1cccc(CC2(N)CCC(C)CC2C)c1F. The van der Waals surface area contributed by atoms with Crippen molar-refractivity contribution in [1.82, 2.24) is 0 Å². The molecule has 3 unspecified atom stereocenters. The highest BCUT2D eigenvalue weighted by atomic mass is 19.1. The number of methoxy groups -OCH3 is 1. The van der Waals surface area contributed by atoms with E-state index in [1.165, 1.54) is 7.11 Å². The Kier molecular flexibility index (Phi) is 4.14. The van der Waals surface area contributed by atoms with Gasteiger partial charge in [0.15, 0.2) is 11.6 Å². The van der Waals surface area contributed by atoms with Crippen molar-refractivity contribution in [3.63, 3.8) is 0 Å². The van der Waals surface area contributed by atoms with Crippen molar-refractivity contribution < 1.29 is 9.13 Å². The number of halogens is 1. The van der Waals surface area contributed by atoms with Crippen LogP contribution in [0, 0.1) is 17.7 Å². The van der Waals surface area contributed by atoms with E-state index in [0.29, 0.717) is 23.7 Å². The maximum atomic E-state index is 14.2. The normalized spacial score (nSPS) is 31.2. The van der Waals surface area contributed by atoms with Crippen LogP contribution in [0.4, 0.5) is 4.39 Å². The van der Waals surface area contributed by atoms with Gasteiger partial charge >= 0.3 is 0 Å². The standard InChI is InChI=1S/C16H24FNO/c1-11-7-8-16(18,12(2)9-11)10-13-5-4-6-14(19-3)15(13)17/h4-6,11-12H,7-10,18H2,1-3H3. The third-order valence-corrected chi connectivity index (χ3v) is 4.62. The number of rotatable bonds is 3. The van der Waals surface area contributed by atoms with Crippen molar-refractivity contribution in [2.75, 3.05) is 7.11 Å². The van der Waals surface area contributed by atoms with Gasteiger partial charge in [0.2, 0.25) is 0 Å². The summed E-state index contributed by atoms with van der Waals surface area (Å²) in [5.41, 5.74) is 6.93. The molecule has 0 saturated heterocycles. The van der Waals surface area contributed by atoms with Crippen molar-refractivity contribution in [3.05, 3.63) is 29.6 Å². The molecule has 0 spiro atoms. The van der Waals surface area contributed by atoms with Crippen LogP contribution >= 0.6 is 0 Å². The van der Waals surface area contributed by atoms with Crippen molar-refractivity contribution in [2.45, 2.75) is 45.1 Å². The fraction of sp³-hybridized carbons (Fsp3) is 0.625. The molecular weight excluding hydrogens is 241 g/mol. The molecule has 0 aromatic heterocycles. The van der Waals surface area contributed by atoms with Crippen LogP contribution < -0.4 is 10.5 Å². The average Bonchev–Trinajstić information content (AvgIpc) is 2.37. The maximum absolute atomic E-state index is 14.2. The number of hydrogen-bond donors (Lipinski definition) is 1. The molecule has 0 bridgehead atoms. The first-order valence-corrected chi connectivity index (χ1v) is 7.06. The van der Waals surface area contributed by atoms with Crippen LogP contribution in [-0.2, 0) is 6.42 Å². The molecule has 19 heavy (non-hydrogen) atoms. The van der Waals surface area contributed by atoms with Gasteiger partial charge in [-0.15, -0.1) is 0 Å². The lowest BCUT2D eigenvalue weighted by Gasteiger charge is -2.42. The van der Waals surface area contributed by atoms with Crippen LogP contribution in [0.2, 0.25) is 0 Å². The second-order valence-electron chi connectivity index (χ2n) is 6.12. The van der Waals surface area contributed by atoms with Gasteiger partial charge in [-0.3, -0.25) is 0 Å². The first kappa shape index (κ1) is 14.3. The van der Waals surface area contributed by atoms with Gasteiger partial charge in [-0.05, 0) is 49.1 Å². The van der Waals surface area contributed by atoms with E-state index in [1.54, 1.807) is 6.07 Å². The lowest BCUT2D eigenvalue weighted by atomic mass is 9.68. The lowest BCUT2D eigenvalue weighted by Crippen LogP contribution is -2.51. The summed E-state index contributed by atoms with van der Waals surface area (Å²) in [6.45, 7) is 4.45. The van der Waals surface area contributed by atoms with Gasteiger partial charge in [0, 0.05) is 5.54 Å². The average molecular weight is 265 g/mol. The Hall–Kier alpha value is -1.09. The summed E-state index contributed by atoms with van der Waals surface area (Å²) in [5.74, 6) is 1.18. The van der Waals surface area contributed by atoms with Gasteiger partial charge in [0.05, 0.1) is 7.11 Å². The van der Waals surface area contributed by atoms with Gasteiger partial charge in [0.1, 0.15) is 0 Å². The number of ether oxygens (including phenoxy) is 1. The van der Waals surface area contributed by atoms with Crippen LogP contribution in [0.3, 0.4) is 0 Å². The number of hydrogen-bond acceptors (Lipinski definition) is 2. The van der Waals surface area contributed by atoms with Gasteiger partial charge in [-0.1, -0.05) is 26.0 Å². The summed E-state index contributed by atoms with van der Waals surface area (Å²) in [6.07, 6.45) is 3.81. The highest BCUT2D eigenvalue weighted by Crippen LogP contribution is 2.38. The molecule has 3 heteroatoms. The van der Waals surface area contributed by atoms with E-state index in [9.17, 15) is 4.39 Å². The molecule has 3 atom stereocenters. The van der Waals surface area contributed by atoms with E-state index < -0.39 is 0 Å². The minimum atomic E-state index is -0.292. The van der Waals surface area contributed by atoms with E-state index in [4.69, 9.17) is 10.5 Å². The van der Waals surface area contributed by atoms with Crippen LogP contribution in [0.5, 0.6) is 5.75 Å². The molecule has 2 nitrogen and oxygen atoms in total. The highest BCUT2D eigenvalue weighted by Gasteiger charge is 2.37. The smallest absolute Gasteiger partial charge is 0.168 e. The van der Waals surface area contributed by atoms with Crippen LogP contribution in [-0.4, -0.2) is 12.6 Å². The molecular formula is C16H24FNO. The molecule has 1 aliphatic rings.